The summed E-state index contributed by atoms with van der Waals surface area (Å²) in [5, 5.41) is -0.377. The van der Waals surface area contributed by atoms with E-state index >= 15 is 0 Å². The standard InChI is InChI=1S/C14H18O5S/c1-4-19-14(16)10(8-13(15)20)9-5-6-11(17-2)12(7-9)18-3/h5-7,10H,4,8H2,1-3H3,(H,15,20). The number of carbonyl (C=O) groups is 2. The summed E-state index contributed by atoms with van der Waals surface area (Å²) in [5.41, 5.74) is 0.628. The number of hydrogen-bond acceptors (Lipinski definition) is 5. The number of methoxy groups -OCH3 is 2. The highest BCUT2D eigenvalue weighted by molar-refractivity contribution is 7.96. The highest BCUT2D eigenvalue weighted by Crippen LogP contribution is 2.32. The third-order valence-corrected chi connectivity index (χ3v) is 2.94. The van der Waals surface area contributed by atoms with Crippen molar-refractivity contribution in [2.24, 2.45) is 0 Å². The van der Waals surface area contributed by atoms with E-state index in [4.69, 9.17) is 14.2 Å². The van der Waals surface area contributed by atoms with Crippen LogP contribution in [0.3, 0.4) is 0 Å². The van der Waals surface area contributed by atoms with Crippen molar-refractivity contribution < 1.29 is 23.8 Å². The van der Waals surface area contributed by atoms with Crippen molar-refractivity contribution in [3.05, 3.63) is 23.8 Å². The molecule has 0 saturated carbocycles. The van der Waals surface area contributed by atoms with Gasteiger partial charge in [-0.1, -0.05) is 6.07 Å². The normalized spacial score (nSPS) is 11.6. The Bertz CT molecular complexity index is 486. The maximum absolute atomic E-state index is 12.0. The summed E-state index contributed by atoms with van der Waals surface area (Å²) in [5.74, 6) is -0.108. The average Bonchev–Trinajstić information content (AvgIpc) is 2.44. The van der Waals surface area contributed by atoms with E-state index in [-0.39, 0.29) is 18.1 Å². The quantitative estimate of drug-likeness (QED) is 0.617. The van der Waals surface area contributed by atoms with Crippen LogP contribution in [0.15, 0.2) is 18.2 Å². The van der Waals surface area contributed by atoms with Crippen LogP contribution in [0.25, 0.3) is 0 Å². The van der Waals surface area contributed by atoms with Gasteiger partial charge in [-0.25, -0.2) is 0 Å². The first-order chi connectivity index (χ1) is 9.53. The van der Waals surface area contributed by atoms with E-state index in [9.17, 15) is 9.59 Å². The molecule has 6 heteroatoms. The van der Waals surface area contributed by atoms with Gasteiger partial charge >= 0.3 is 5.97 Å². The topological polar surface area (TPSA) is 61.8 Å². The van der Waals surface area contributed by atoms with Crippen LogP contribution in [-0.2, 0) is 14.3 Å². The van der Waals surface area contributed by atoms with Crippen LogP contribution in [0.4, 0.5) is 0 Å². The van der Waals surface area contributed by atoms with Gasteiger partial charge in [-0.3, -0.25) is 9.59 Å². The molecule has 0 heterocycles. The second-order valence-electron chi connectivity index (χ2n) is 4.02. The molecule has 0 radical (unpaired) electrons. The lowest BCUT2D eigenvalue weighted by molar-refractivity contribution is -0.145. The predicted octanol–water partition coefficient (Wildman–Crippen LogP) is 2.20. The lowest BCUT2D eigenvalue weighted by Crippen LogP contribution is -2.18. The van der Waals surface area contributed by atoms with Gasteiger partial charge in [0.1, 0.15) is 0 Å². The highest BCUT2D eigenvalue weighted by atomic mass is 32.1. The van der Waals surface area contributed by atoms with Crippen molar-refractivity contribution in [2.45, 2.75) is 19.3 Å². The van der Waals surface area contributed by atoms with Gasteiger partial charge in [0.15, 0.2) is 16.6 Å². The first-order valence-electron chi connectivity index (χ1n) is 6.13. The highest BCUT2D eigenvalue weighted by Gasteiger charge is 2.25. The summed E-state index contributed by atoms with van der Waals surface area (Å²) in [6.07, 6.45) is -0.0303. The molecular weight excluding hydrogens is 280 g/mol. The minimum Gasteiger partial charge on any atom is -0.493 e. The SMILES string of the molecule is CCOC(=O)C(CC(=O)S)c1ccc(OC)c(OC)c1. The first-order valence-corrected chi connectivity index (χ1v) is 6.58. The molecule has 0 aliphatic heterocycles. The number of benzene rings is 1. The van der Waals surface area contributed by atoms with Gasteiger partial charge < -0.3 is 14.2 Å². The van der Waals surface area contributed by atoms with Gasteiger partial charge in [0, 0.05) is 6.42 Å². The summed E-state index contributed by atoms with van der Waals surface area (Å²) in [7, 11) is 3.03. The number of hydrogen-bond donors (Lipinski definition) is 1. The Kier molecular flexibility index (Phi) is 6.38. The number of esters is 1. The Morgan fingerprint density at radius 2 is 1.85 bits per heavy atom. The van der Waals surface area contributed by atoms with E-state index in [1.807, 2.05) is 0 Å². The monoisotopic (exact) mass is 298 g/mol. The Labute approximate surface area is 123 Å². The molecule has 0 fully saturated rings. The van der Waals surface area contributed by atoms with Gasteiger partial charge in [-0.15, -0.1) is 12.6 Å². The van der Waals surface area contributed by atoms with Crippen molar-refractivity contribution in [3.8, 4) is 11.5 Å². The van der Waals surface area contributed by atoms with Gasteiger partial charge in [0.05, 0.1) is 26.7 Å². The zero-order valence-corrected chi connectivity index (χ0v) is 12.6. The molecule has 20 heavy (non-hydrogen) atoms. The van der Waals surface area contributed by atoms with Gasteiger partial charge in [0.25, 0.3) is 0 Å². The summed E-state index contributed by atoms with van der Waals surface area (Å²) in [4.78, 5) is 23.2. The number of rotatable bonds is 7. The summed E-state index contributed by atoms with van der Waals surface area (Å²) >= 11 is 3.74. The van der Waals surface area contributed by atoms with Gasteiger partial charge in [-0.05, 0) is 24.6 Å². The number of ether oxygens (including phenoxy) is 3. The summed E-state index contributed by atoms with van der Waals surface area (Å²) in [6.45, 7) is 1.97. The van der Waals surface area contributed by atoms with Crippen molar-refractivity contribution >= 4 is 23.7 Å². The van der Waals surface area contributed by atoms with Crippen LogP contribution in [0.2, 0.25) is 0 Å². The lowest BCUT2D eigenvalue weighted by Gasteiger charge is -2.16. The van der Waals surface area contributed by atoms with Gasteiger partial charge in [0.2, 0.25) is 0 Å². The first kappa shape index (κ1) is 16.4. The fourth-order valence-electron chi connectivity index (χ4n) is 1.82. The van der Waals surface area contributed by atoms with Gasteiger partial charge in [-0.2, -0.15) is 0 Å². The zero-order valence-electron chi connectivity index (χ0n) is 11.7. The molecule has 110 valence electrons. The zero-order chi connectivity index (χ0) is 15.1. The van der Waals surface area contributed by atoms with Crippen molar-refractivity contribution in [3.63, 3.8) is 0 Å². The molecule has 0 spiro atoms. The van der Waals surface area contributed by atoms with Crippen LogP contribution < -0.4 is 9.47 Å². The van der Waals surface area contributed by atoms with Crippen molar-refractivity contribution in [2.75, 3.05) is 20.8 Å². The van der Waals surface area contributed by atoms with Crippen LogP contribution >= 0.6 is 12.6 Å². The fraction of sp³-hybridized carbons (Fsp3) is 0.429. The van der Waals surface area contributed by atoms with Crippen LogP contribution in [0, 0.1) is 0 Å². The molecule has 0 aliphatic rings. The molecule has 1 rings (SSSR count). The van der Waals surface area contributed by atoms with E-state index in [0.29, 0.717) is 17.1 Å². The largest absolute Gasteiger partial charge is 0.493 e. The van der Waals surface area contributed by atoms with Crippen LogP contribution in [0.1, 0.15) is 24.8 Å². The minimum atomic E-state index is -0.695. The minimum absolute atomic E-state index is 0.0303. The molecule has 0 aromatic heterocycles. The summed E-state index contributed by atoms with van der Waals surface area (Å²) in [6, 6.07) is 5.06. The van der Waals surface area contributed by atoms with Crippen LogP contribution in [0.5, 0.6) is 11.5 Å². The molecule has 5 nitrogen and oxygen atoms in total. The van der Waals surface area contributed by atoms with Crippen molar-refractivity contribution in [1.29, 1.82) is 0 Å². The summed E-state index contributed by atoms with van der Waals surface area (Å²) < 4.78 is 15.3. The Morgan fingerprint density at radius 1 is 1.20 bits per heavy atom. The van der Waals surface area contributed by atoms with E-state index in [1.54, 1.807) is 25.1 Å². The molecular formula is C14H18O5S. The second kappa shape index (κ2) is 7.79. The lowest BCUT2D eigenvalue weighted by atomic mass is 9.96. The maximum atomic E-state index is 12.0. The number of thiol groups is 1. The molecule has 0 N–H and O–H groups in total. The predicted molar refractivity (Wildman–Crippen MR) is 77.5 cm³/mol. The molecule has 1 aromatic rings. The Balaban J connectivity index is 3.12. The molecule has 0 saturated heterocycles. The third-order valence-electron chi connectivity index (χ3n) is 2.76. The van der Waals surface area contributed by atoms with E-state index in [0.717, 1.165) is 0 Å². The molecule has 1 unspecified atom stereocenters. The second-order valence-corrected chi connectivity index (χ2v) is 4.52. The van der Waals surface area contributed by atoms with Crippen molar-refractivity contribution in [1.82, 2.24) is 0 Å². The molecule has 0 aliphatic carbocycles. The third kappa shape index (κ3) is 4.16. The molecule has 0 amide bonds. The molecule has 1 aromatic carbocycles. The van der Waals surface area contributed by atoms with E-state index in [1.165, 1.54) is 14.2 Å². The van der Waals surface area contributed by atoms with E-state index in [2.05, 4.69) is 12.6 Å². The molecule has 0 bridgehead atoms. The Hall–Kier alpha value is -1.69. The van der Waals surface area contributed by atoms with E-state index < -0.39 is 11.9 Å². The number of carbonyl (C=O) groups excluding carboxylic acids is 2. The smallest absolute Gasteiger partial charge is 0.313 e. The fourth-order valence-corrected chi connectivity index (χ4v) is 2.01. The average molecular weight is 298 g/mol. The Morgan fingerprint density at radius 3 is 2.35 bits per heavy atom. The molecule has 1 atom stereocenters. The maximum Gasteiger partial charge on any atom is 0.313 e. The van der Waals surface area contributed by atoms with Crippen LogP contribution in [-0.4, -0.2) is 31.9 Å².